The minimum Gasteiger partial charge on any atom is -0.333 e. The van der Waals surface area contributed by atoms with E-state index in [1.165, 1.54) is 16.9 Å². The van der Waals surface area contributed by atoms with Crippen LogP contribution in [-0.4, -0.2) is 14.5 Å². The van der Waals surface area contributed by atoms with Crippen LogP contribution >= 0.6 is 11.3 Å². The zero-order chi connectivity index (χ0) is 31.5. The topological polar surface area (TPSA) is 30.7 Å². The first-order chi connectivity index (χ1) is 22.5. The van der Waals surface area contributed by atoms with Gasteiger partial charge in [0.25, 0.3) is 0 Å². The maximum Gasteiger partial charge on any atom is 0.0774 e. The average molecular weight is 765 g/mol. The summed E-state index contributed by atoms with van der Waals surface area (Å²) >= 11 is 1.48. The van der Waals surface area contributed by atoms with E-state index in [0.29, 0.717) is 5.56 Å². The second kappa shape index (κ2) is 13.3. The predicted molar refractivity (Wildman–Crippen MR) is 179 cm³/mol. The SMILES string of the molecule is [2H]C([2H])([2H])c1ccc2s[c-]c(-c3nc4ccccc4n3-c3ccc(-c4ccccc4)cc3)c2c1.[Ir].[c-]1ccccc1-c1ccccn1. The second-order valence-electron chi connectivity index (χ2n) is 9.95. The van der Waals surface area contributed by atoms with Crippen molar-refractivity contribution in [2.45, 2.75) is 6.85 Å². The fraction of sp³-hybridized carbons (Fsp3) is 0.0256. The van der Waals surface area contributed by atoms with Gasteiger partial charge in [-0.2, -0.15) is 0 Å². The fourth-order valence-electron chi connectivity index (χ4n) is 5.10. The number of fused-ring (bicyclic) bond motifs is 2. The van der Waals surface area contributed by atoms with Crippen molar-refractivity contribution in [1.29, 1.82) is 0 Å². The van der Waals surface area contributed by atoms with Crippen molar-refractivity contribution in [3.63, 3.8) is 0 Å². The number of rotatable bonds is 4. The Morgan fingerprint density at radius 3 is 2.30 bits per heavy atom. The van der Waals surface area contributed by atoms with Crippen molar-refractivity contribution in [2.24, 2.45) is 0 Å². The fourth-order valence-corrected chi connectivity index (χ4v) is 5.93. The molecule has 0 saturated carbocycles. The van der Waals surface area contributed by atoms with E-state index in [1.54, 1.807) is 18.3 Å². The summed E-state index contributed by atoms with van der Waals surface area (Å²) in [7, 11) is 0. The van der Waals surface area contributed by atoms with Gasteiger partial charge in [0, 0.05) is 36.1 Å². The average Bonchev–Trinajstić information content (AvgIpc) is 3.71. The summed E-state index contributed by atoms with van der Waals surface area (Å²) in [5.74, 6) is 0.752. The molecule has 0 N–H and O–H groups in total. The molecule has 215 valence electrons. The smallest absolute Gasteiger partial charge is 0.0774 e. The molecule has 0 saturated heterocycles. The van der Waals surface area contributed by atoms with Gasteiger partial charge in [0.1, 0.15) is 0 Å². The third kappa shape index (κ3) is 6.04. The Kier molecular flexibility index (Phi) is 7.81. The number of pyridine rings is 1. The van der Waals surface area contributed by atoms with Gasteiger partial charge in [-0.3, -0.25) is 16.3 Å². The quantitative estimate of drug-likeness (QED) is 0.167. The third-order valence-corrected chi connectivity index (χ3v) is 8.06. The van der Waals surface area contributed by atoms with Crippen LogP contribution in [-0.2, 0) is 20.1 Å². The molecule has 0 fully saturated rings. The molecule has 1 radical (unpaired) electrons. The van der Waals surface area contributed by atoms with Crippen LogP contribution in [0.25, 0.3) is 60.6 Å². The monoisotopic (exact) mass is 765 g/mol. The number of para-hydroxylation sites is 2. The zero-order valence-corrected chi connectivity index (χ0v) is 26.7. The van der Waals surface area contributed by atoms with Gasteiger partial charge in [-0.15, -0.1) is 47.3 Å². The van der Waals surface area contributed by atoms with Crippen molar-refractivity contribution in [3.05, 3.63) is 163 Å². The van der Waals surface area contributed by atoms with Gasteiger partial charge in [0.15, 0.2) is 0 Å². The molecule has 44 heavy (non-hydrogen) atoms. The van der Waals surface area contributed by atoms with Gasteiger partial charge in [0.05, 0.1) is 16.9 Å². The Balaban J connectivity index is 0.000000250. The van der Waals surface area contributed by atoms with Crippen LogP contribution in [0.4, 0.5) is 0 Å². The standard InChI is InChI=1S/C28H19N2S.C11H8N.Ir/c1-19-11-16-27-23(17-19)24(18-31-27)28-29-25-9-5-6-10-26(25)30(28)22-14-12-21(13-15-22)20-7-3-2-4-8-20;1-2-6-10(7-3-1)11-8-4-5-9-12-11;/h2-17H,1H3;1-6,8-9H;/q2*-1;/i1D3;;. The van der Waals surface area contributed by atoms with E-state index >= 15 is 0 Å². The molecule has 0 bridgehead atoms. The van der Waals surface area contributed by atoms with Gasteiger partial charge in [-0.05, 0) is 54.0 Å². The normalized spacial score (nSPS) is 12.0. The first kappa shape index (κ1) is 25.8. The van der Waals surface area contributed by atoms with Gasteiger partial charge in [-0.1, -0.05) is 100 Å². The third-order valence-electron chi connectivity index (χ3n) is 7.18. The van der Waals surface area contributed by atoms with E-state index in [9.17, 15) is 0 Å². The molecule has 5 aromatic carbocycles. The number of benzene rings is 5. The molecule has 0 unspecified atom stereocenters. The van der Waals surface area contributed by atoms with Gasteiger partial charge in [-0.25, -0.2) is 0 Å². The molecular weight excluding hydrogens is 735 g/mol. The van der Waals surface area contributed by atoms with Crippen molar-refractivity contribution in [1.82, 2.24) is 14.5 Å². The van der Waals surface area contributed by atoms with Crippen LogP contribution in [0.1, 0.15) is 9.68 Å². The summed E-state index contributed by atoms with van der Waals surface area (Å²) in [6.45, 7) is -2.17. The van der Waals surface area contributed by atoms with E-state index in [4.69, 9.17) is 9.10 Å². The second-order valence-corrected chi connectivity index (χ2v) is 10.8. The number of thiophene rings is 1. The van der Waals surface area contributed by atoms with Gasteiger partial charge in [0.2, 0.25) is 0 Å². The van der Waals surface area contributed by atoms with E-state index < -0.39 is 6.85 Å². The number of aromatic nitrogens is 3. The molecule has 3 nitrogen and oxygen atoms in total. The van der Waals surface area contributed by atoms with E-state index in [2.05, 4.69) is 63.5 Å². The molecule has 8 aromatic rings. The molecule has 3 heterocycles. The number of aryl methyl sites for hydroxylation is 1. The van der Waals surface area contributed by atoms with Crippen LogP contribution in [0.15, 0.2) is 146 Å². The minimum absolute atomic E-state index is 0. The summed E-state index contributed by atoms with van der Waals surface area (Å²) in [4.78, 5) is 9.17. The number of hydrogen-bond acceptors (Lipinski definition) is 3. The largest absolute Gasteiger partial charge is 0.333 e. The Morgan fingerprint density at radius 2 is 1.52 bits per heavy atom. The summed E-state index contributed by atoms with van der Waals surface area (Å²) in [6.07, 6.45) is 1.79. The first-order valence-corrected chi connectivity index (χ1v) is 14.7. The van der Waals surface area contributed by atoms with Gasteiger partial charge < -0.3 is 9.55 Å². The van der Waals surface area contributed by atoms with Crippen LogP contribution < -0.4 is 0 Å². The van der Waals surface area contributed by atoms with Crippen LogP contribution in [0.5, 0.6) is 0 Å². The molecule has 3 aromatic heterocycles. The Bertz CT molecular complexity index is 2190. The number of imidazole rings is 1. The zero-order valence-electron chi connectivity index (χ0n) is 26.4. The summed E-state index contributed by atoms with van der Waals surface area (Å²) in [5.41, 5.74) is 8.31. The van der Waals surface area contributed by atoms with Crippen LogP contribution in [0, 0.1) is 18.3 Å². The Labute approximate surface area is 279 Å². The Morgan fingerprint density at radius 1 is 0.750 bits per heavy atom. The maximum atomic E-state index is 7.84. The van der Waals surface area contributed by atoms with E-state index in [0.717, 1.165) is 55.0 Å². The molecular formula is C39H27IrN3S-2. The molecule has 0 spiro atoms. The molecule has 8 rings (SSSR count). The Hall–Kier alpha value is -4.67. The van der Waals surface area contributed by atoms with Crippen molar-refractivity contribution in [3.8, 4) is 39.5 Å². The van der Waals surface area contributed by atoms with Crippen LogP contribution in [0.3, 0.4) is 0 Å². The predicted octanol–water partition coefficient (Wildman–Crippen LogP) is 10.2. The molecule has 0 aliphatic carbocycles. The number of hydrogen-bond donors (Lipinski definition) is 0. The van der Waals surface area contributed by atoms with E-state index in [-0.39, 0.29) is 20.1 Å². The molecule has 5 heteroatoms. The molecule has 0 atom stereocenters. The van der Waals surface area contributed by atoms with Crippen LogP contribution in [0.2, 0.25) is 0 Å². The maximum absolute atomic E-state index is 7.84. The summed E-state index contributed by atoms with van der Waals surface area (Å²) < 4.78 is 26.6. The number of nitrogens with zero attached hydrogens (tertiary/aromatic N) is 3. The molecule has 0 aliphatic heterocycles. The summed E-state index contributed by atoms with van der Waals surface area (Å²) in [6, 6.07) is 48.9. The van der Waals surface area contributed by atoms with E-state index in [1.807, 2.05) is 84.9 Å². The minimum atomic E-state index is -2.17. The first-order valence-electron chi connectivity index (χ1n) is 15.4. The summed E-state index contributed by atoms with van der Waals surface area (Å²) in [5, 5.41) is 4.25. The van der Waals surface area contributed by atoms with Gasteiger partial charge >= 0.3 is 0 Å². The molecule has 0 amide bonds. The van der Waals surface area contributed by atoms with Crippen molar-refractivity contribution >= 4 is 32.5 Å². The van der Waals surface area contributed by atoms with Crippen molar-refractivity contribution < 1.29 is 24.2 Å². The van der Waals surface area contributed by atoms with Crippen molar-refractivity contribution in [2.75, 3.05) is 0 Å². The molecule has 0 aliphatic rings.